The molecular weight excluding hydrogens is 499 g/mol. The summed E-state index contributed by atoms with van der Waals surface area (Å²) >= 11 is -0.209. The Morgan fingerprint density at radius 1 is 1.26 bits per heavy atom. The van der Waals surface area contributed by atoms with E-state index in [1.165, 1.54) is 24.4 Å². The van der Waals surface area contributed by atoms with E-state index in [4.69, 9.17) is 5.14 Å². The maximum absolute atomic E-state index is 12.7. The quantitative estimate of drug-likeness (QED) is 0.230. The molecule has 1 saturated carbocycles. The smallest absolute Gasteiger partial charge is 0.390 e. The molecule has 10 nitrogen and oxygen atoms in total. The molecule has 34 heavy (non-hydrogen) atoms. The second-order valence-corrected chi connectivity index (χ2v) is 10.1. The third kappa shape index (κ3) is 5.79. The number of hydrogen-bond donors (Lipinski definition) is 5. The number of halogens is 3. The number of nitrogens with two attached hydrogens (primary N) is 1. The van der Waals surface area contributed by atoms with Gasteiger partial charge >= 0.3 is 15.8 Å². The Bertz CT molecular complexity index is 1290. The summed E-state index contributed by atoms with van der Waals surface area (Å²) in [7, 11) is -4.19. The number of H-pyrrole nitrogens is 1. The number of anilines is 1. The summed E-state index contributed by atoms with van der Waals surface area (Å²) in [5.74, 6) is -0.220. The topological polar surface area (TPSA) is 155 Å². The summed E-state index contributed by atoms with van der Waals surface area (Å²) in [5.41, 5.74) is -2.92. The van der Waals surface area contributed by atoms with Gasteiger partial charge < -0.3 is 10.2 Å². The van der Waals surface area contributed by atoms with Crippen LogP contribution in [0.25, 0.3) is 16.9 Å². The number of aromatic nitrogens is 3. The fourth-order valence-electron chi connectivity index (χ4n) is 3.87. The molecule has 0 aliphatic heterocycles. The molecule has 184 valence electrons. The minimum atomic E-state index is -4.41. The lowest BCUT2D eigenvalue weighted by Crippen LogP contribution is -2.39. The first-order valence-electron chi connectivity index (χ1n) is 9.95. The van der Waals surface area contributed by atoms with Gasteiger partial charge in [0, 0.05) is 28.5 Å². The number of benzene rings is 1. The summed E-state index contributed by atoms with van der Waals surface area (Å²) in [6.45, 7) is -0.382. The SMILES string of the molecule is NS(=O)(=O)OC[C@H]1C[C@@H](Nc2ccnc3cc(-c4cccc(SC(F)(F)F)c4)[nH][n+]23)[C@H](O)[C@@H]1O. The highest BCUT2D eigenvalue weighted by molar-refractivity contribution is 8.00. The third-order valence-electron chi connectivity index (χ3n) is 5.38. The Labute approximate surface area is 196 Å². The molecule has 1 aliphatic rings. The van der Waals surface area contributed by atoms with E-state index in [-0.39, 0.29) is 29.7 Å². The molecule has 6 N–H and O–H groups in total. The number of aromatic amines is 1. The lowest BCUT2D eigenvalue weighted by molar-refractivity contribution is -0.563. The van der Waals surface area contributed by atoms with Gasteiger partial charge in [-0.05, 0) is 30.3 Å². The molecule has 4 rings (SSSR count). The van der Waals surface area contributed by atoms with Crippen LogP contribution in [0.5, 0.6) is 0 Å². The van der Waals surface area contributed by atoms with Crippen LogP contribution in [0.1, 0.15) is 6.42 Å². The Morgan fingerprint density at radius 2 is 2.03 bits per heavy atom. The van der Waals surface area contributed by atoms with Gasteiger partial charge in [-0.25, -0.2) is 10.2 Å². The molecule has 1 fully saturated rings. The Hall–Kier alpha value is -2.43. The van der Waals surface area contributed by atoms with Gasteiger partial charge in [0.15, 0.2) is 0 Å². The minimum absolute atomic E-state index is 0.0378. The molecule has 0 bridgehead atoms. The molecule has 2 heterocycles. The highest BCUT2D eigenvalue weighted by Crippen LogP contribution is 2.38. The van der Waals surface area contributed by atoms with Crippen LogP contribution in [0.4, 0.5) is 19.0 Å². The number of nitrogens with zero attached hydrogens (tertiary/aromatic N) is 2. The van der Waals surface area contributed by atoms with Crippen molar-refractivity contribution in [3.8, 4) is 11.3 Å². The maximum Gasteiger partial charge on any atom is 0.446 e. The standard InChI is InChI=1S/C19H20F3N5O5S2/c20-19(21,22)33-12-3-1-2-10(6-12)13-8-16-24-5-4-15(27(16)26-13)25-14-7-11(17(28)18(14)29)9-32-34(23,30)31/h1-6,8,11,14,17-18,28-29H,7,9H2,(H3,23,24,25,26,30,31)/p+1/t11-,14-,17-,18+/m1/s1. The van der Waals surface area contributed by atoms with E-state index in [1.807, 2.05) is 0 Å². The number of aliphatic hydroxyl groups is 2. The number of nitrogens with one attached hydrogen (secondary N) is 2. The molecule has 0 spiro atoms. The summed E-state index contributed by atoms with van der Waals surface area (Å²) < 4.78 is 66.4. The monoisotopic (exact) mass is 520 g/mol. The van der Waals surface area contributed by atoms with Crippen LogP contribution < -0.4 is 15.0 Å². The molecule has 0 unspecified atom stereocenters. The Balaban J connectivity index is 1.56. The minimum Gasteiger partial charge on any atom is -0.390 e. The van der Waals surface area contributed by atoms with E-state index < -0.39 is 40.0 Å². The van der Waals surface area contributed by atoms with E-state index in [0.717, 1.165) is 0 Å². The van der Waals surface area contributed by atoms with Gasteiger partial charge in [0.05, 0.1) is 18.4 Å². The zero-order valence-electron chi connectivity index (χ0n) is 17.3. The summed E-state index contributed by atoms with van der Waals surface area (Å²) in [5, 5.41) is 31.7. The summed E-state index contributed by atoms with van der Waals surface area (Å²) in [6, 6.07) is 8.56. The molecule has 2 aromatic heterocycles. The number of hydrogen-bond acceptors (Lipinski definition) is 8. The van der Waals surface area contributed by atoms with Crippen molar-refractivity contribution >= 4 is 33.5 Å². The van der Waals surface area contributed by atoms with Crippen molar-refractivity contribution < 1.29 is 40.5 Å². The van der Waals surface area contributed by atoms with Crippen molar-refractivity contribution in [1.29, 1.82) is 0 Å². The fourth-order valence-corrected chi connectivity index (χ4v) is 4.83. The number of alkyl halides is 3. The molecule has 0 amide bonds. The second-order valence-electron chi connectivity index (χ2n) is 7.77. The van der Waals surface area contributed by atoms with Gasteiger partial charge in [-0.3, -0.25) is 9.50 Å². The van der Waals surface area contributed by atoms with Gasteiger partial charge in [0.25, 0.3) is 5.65 Å². The highest BCUT2D eigenvalue weighted by Gasteiger charge is 2.44. The van der Waals surface area contributed by atoms with E-state index in [2.05, 4.69) is 19.6 Å². The first-order valence-corrected chi connectivity index (χ1v) is 12.2. The lowest BCUT2D eigenvalue weighted by atomic mass is 10.1. The van der Waals surface area contributed by atoms with Crippen molar-refractivity contribution in [2.24, 2.45) is 11.1 Å². The van der Waals surface area contributed by atoms with Crippen molar-refractivity contribution in [3.05, 3.63) is 42.6 Å². The number of rotatable bonds is 7. The molecule has 0 radical (unpaired) electrons. The largest absolute Gasteiger partial charge is 0.446 e. The van der Waals surface area contributed by atoms with Crippen LogP contribution in [0.3, 0.4) is 0 Å². The lowest BCUT2D eigenvalue weighted by Gasteiger charge is -2.16. The zero-order chi connectivity index (χ0) is 24.7. The number of fused-ring (bicyclic) bond motifs is 1. The van der Waals surface area contributed by atoms with Crippen LogP contribution >= 0.6 is 11.8 Å². The van der Waals surface area contributed by atoms with Crippen molar-refractivity contribution in [3.63, 3.8) is 0 Å². The predicted molar refractivity (Wildman–Crippen MR) is 116 cm³/mol. The Kier molecular flexibility index (Phi) is 6.76. The third-order valence-corrected chi connectivity index (χ3v) is 6.56. The van der Waals surface area contributed by atoms with Crippen molar-refractivity contribution in [2.75, 3.05) is 11.9 Å². The first-order chi connectivity index (χ1) is 15.9. The molecule has 4 atom stereocenters. The van der Waals surface area contributed by atoms with Crippen LogP contribution in [0.15, 0.2) is 47.5 Å². The fraction of sp³-hybridized carbons (Fsp3) is 0.368. The number of thioether (sulfide) groups is 1. The molecule has 1 aromatic carbocycles. The molecule has 0 saturated heterocycles. The Morgan fingerprint density at radius 3 is 2.74 bits per heavy atom. The second kappa shape index (κ2) is 9.31. The predicted octanol–water partition coefficient (Wildman–Crippen LogP) is 1.17. The molecular formula is C19H21F3N5O5S2+. The van der Waals surface area contributed by atoms with Crippen molar-refractivity contribution in [2.45, 2.75) is 35.1 Å². The molecule has 3 aromatic rings. The van der Waals surface area contributed by atoms with Crippen LogP contribution in [0.2, 0.25) is 0 Å². The van der Waals surface area contributed by atoms with E-state index in [0.29, 0.717) is 22.7 Å². The van der Waals surface area contributed by atoms with Gasteiger partial charge in [-0.1, -0.05) is 12.1 Å². The van der Waals surface area contributed by atoms with E-state index in [1.54, 1.807) is 22.7 Å². The van der Waals surface area contributed by atoms with Gasteiger partial charge in [-0.15, -0.1) is 9.50 Å². The average Bonchev–Trinajstić information content (AvgIpc) is 3.28. The van der Waals surface area contributed by atoms with Crippen LogP contribution in [0, 0.1) is 5.92 Å². The molecule has 1 aliphatic carbocycles. The van der Waals surface area contributed by atoms with Crippen molar-refractivity contribution in [1.82, 2.24) is 10.1 Å². The van der Waals surface area contributed by atoms with Crippen LogP contribution in [-0.2, 0) is 14.5 Å². The first kappa shape index (κ1) is 24.7. The summed E-state index contributed by atoms with van der Waals surface area (Å²) in [6.07, 6.45) is -0.769. The maximum atomic E-state index is 12.7. The molecule has 15 heteroatoms. The van der Waals surface area contributed by atoms with E-state index in [9.17, 15) is 31.8 Å². The highest BCUT2D eigenvalue weighted by atomic mass is 32.2. The van der Waals surface area contributed by atoms with Gasteiger partial charge in [-0.2, -0.15) is 21.6 Å². The van der Waals surface area contributed by atoms with Gasteiger partial charge in [0.1, 0.15) is 18.3 Å². The van der Waals surface area contributed by atoms with Crippen LogP contribution in [-0.4, -0.2) is 59.1 Å². The van der Waals surface area contributed by atoms with E-state index >= 15 is 0 Å². The normalized spacial score (nSPS) is 23.5. The van der Waals surface area contributed by atoms with Gasteiger partial charge in [0.2, 0.25) is 5.82 Å². The average molecular weight is 521 g/mol. The zero-order valence-corrected chi connectivity index (χ0v) is 18.9. The summed E-state index contributed by atoms with van der Waals surface area (Å²) in [4.78, 5) is 4.28. The number of aliphatic hydroxyl groups excluding tert-OH is 2.